The number of hydrogen-bond acceptors (Lipinski definition) is 3. The van der Waals surface area contributed by atoms with E-state index >= 15 is 0 Å². The molecular formula is C15H13N3O. The minimum absolute atomic E-state index is 0.101. The number of para-hydroxylation sites is 2. The molecule has 0 unspecified atom stereocenters. The van der Waals surface area contributed by atoms with Crippen LogP contribution in [0.15, 0.2) is 59.5 Å². The van der Waals surface area contributed by atoms with Gasteiger partial charge in [-0.15, -0.1) is 0 Å². The molecule has 3 rings (SSSR count). The Morgan fingerprint density at radius 3 is 2.58 bits per heavy atom. The van der Waals surface area contributed by atoms with Crippen LogP contribution in [0.3, 0.4) is 0 Å². The number of hydrogen-bond donors (Lipinski definition) is 1. The molecule has 19 heavy (non-hydrogen) atoms. The zero-order valence-corrected chi connectivity index (χ0v) is 10.3. The number of aromatic nitrogens is 2. The molecule has 0 atom stereocenters. The molecule has 1 heterocycles. The summed E-state index contributed by atoms with van der Waals surface area (Å²) in [5.41, 5.74) is 8.97. The fraction of sp³-hybridized carbons (Fsp3) is 0.0667. The molecule has 0 saturated carbocycles. The van der Waals surface area contributed by atoms with E-state index in [0.29, 0.717) is 6.54 Å². The molecule has 2 aromatic carbocycles. The average molecular weight is 251 g/mol. The van der Waals surface area contributed by atoms with Crippen LogP contribution in [-0.2, 0) is 6.54 Å². The van der Waals surface area contributed by atoms with Crippen molar-refractivity contribution in [3.05, 3.63) is 70.6 Å². The van der Waals surface area contributed by atoms with E-state index in [-0.39, 0.29) is 5.56 Å². The summed E-state index contributed by atoms with van der Waals surface area (Å²) in [6.45, 7) is 0.516. The van der Waals surface area contributed by atoms with Gasteiger partial charge >= 0.3 is 0 Å². The lowest BCUT2D eigenvalue weighted by Crippen LogP contribution is -2.21. The maximum absolute atomic E-state index is 12.0. The Morgan fingerprint density at radius 2 is 1.79 bits per heavy atom. The van der Waals surface area contributed by atoms with E-state index < -0.39 is 0 Å². The molecular weight excluding hydrogens is 238 g/mol. The number of nitrogens with two attached hydrogens (primary N) is 1. The highest BCUT2D eigenvalue weighted by Gasteiger charge is 2.04. The lowest BCUT2D eigenvalue weighted by Gasteiger charge is -2.09. The van der Waals surface area contributed by atoms with Gasteiger partial charge < -0.3 is 10.3 Å². The molecule has 0 bridgehead atoms. The quantitative estimate of drug-likeness (QED) is 0.709. The first-order valence-electron chi connectivity index (χ1n) is 6.03. The van der Waals surface area contributed by atoms with E-state index in [9.17, 15) is 4.79 Å². The largest absolute Gasteiger partial charge is 0.399 e. The smallest absolute Gasteiger partial charge is 0.269 e. The molecule has 3 aromatic rings. The van der Waals surface area contributed by atoms with Crippen LogP contribution in [0.1, 0.15) is 5.56 Å². The second kappa shape index (κ2) is 4.57. The van der Waals surface area contributed by atoms with Crippen LogP contribution in [0.25, 0.3) is 11.0 Å². The number of fused-ring (bicyclic) bond motifs is 1. The molecule has 4 heteroatoms. The van der Waals surface area contributed by atoms with Crippen molar-refractivity contribution in [2.45, 2.75) is 6.54 Å². The van der Waals surface area contributed by atoms with Gasteiger partial charge in [-0.1, -0.05) is 24.3 Å². The van der Waals surface area contributed by atoms with Crippen molar-refractivity contribution in [3.8, 4) is 0 Å². The predicted molar refractivity (Wildman–Crippen MR) is 76.0 cm³/mol. The van der Waals surface area contributed by atoms with Crippen LogP contribution in [0, 0.1) is 0 Å². The third-order valence-corrected chi connectivity index (χ3v) is 3.07. The summed E-state index contributed by atoms with van der Waals surface area (Å²) in [6.07, 6.45) is 1.36. The van der Waals surface area contributed by atoms with Crippen LogP contribution in [0.4, 0.5) is 5.69 Å². The number of nitrogen functional groups attached to an aromatic ring is 1. The third kappa shape index (κ3) is 2.20. The van der Waals surface area contributed by atoms with Gasteiger partial charge in [0.2, 0.25) is 0 Å². The van der Waals surface area contributed by atoms with Crippen molar-refractivity contribution in [1.82, 2.24) is 9.55 Å². The molecule has 0 aliphatic rings. The monoisotopic (exact) mass is 251 g/mol. The molecule has 0 fully saturated rings. The maximum Gasteiger partial charge on any atom is 0.269 e. The lowest BCUT2D eigenvalue weighted by molar-refractivity contribution is 0.787. The Bertz CT molecular complexity index is 775. The molecule has 0 aliphatic heterocycles. The van der Waals surface area contributed by atoms with Crippen molar-refractivity contribution in [2.75, 3.05) is 5.73 Å². The van der Waals surface area contributed by atoms with Crippen LogP contribution in [0.5, 0.6) is 0 Å². The Balaban J connectivity index is 2.12. The normalized spacial score (nSPS) is 10.7. The number of nitrogens with zero attached hydrogens (tertiary/aromatic N) is 2. The summed E-state index contributed by atoms with van der Waals surface area (Å²) >= 11 is 0. The minimum Gasteiger partial charge on any atom is -0.399 e. The highest BCUT2D eigenvalue weighted by Crippen LogP contribution is 2.11. The zero-order chi connectivity index (χ0) is 13.2. The van der Waals surface area contributed by atoms with E-state index in [2.05, 4.69) is 4.98 Å². The molecule has 94 valence electrons. The maximum atomic E-state index is 12.0. The van der Waals surface area contributed by atoms with Gasteiger partial charge in [-0.25, -0.2) is 4.98 Å². The Kier molecular flexibility index (Phi) is 2.76. The summed E-state index contributed by atoms with van der Waals surface area (Å²) in [6, 6.07) is 15.1. The summed E-state index contributed by atoms with van der Waals surface area (Å²) in [5, 5.41) is 0. The van der Waals surface area contributed by atoms with Crippen LogP contribution < -0.4 is 11.3 Å². The van der Waals surface area contributed by atoms with Crippen LogP contribution >= 0.6 is 0 Å². The predicted octanol–water partition coefficient (Wildman–Crippen LogP) is 2.03. The van der Waals surface area contributed by atoms with Gasteiger partial charge in [0, 0.05) is 5.69 Å². The van der Waals surface area contributed by atoms with Crippen LogP contribution in [0.2, 0.25) is 0 Å². The molecule has 0 aliphatic carbocycles. The van der Waals surface area contributed by atoms with Crippen molar-refractivity contribution in [1.29, 1.82) is 0 Å². The molecule has 0 saturated heterocycles. The van der Waals surface area contributed by atoms with E-state index in [1.54, 1.807) is 4.57 Å². The number of anilines is 1. The van der Waals surface area contributed by atoms with Crippen molar-refractivity contribution >= 4 is 16.7 Å². The Hall–Kier alpha value is -2.62. The molecule has 1 aromatic heterocycles. The van der Waals surface area contributed by atoms with E-state index in [4.69, 9.17) is 5.73 Å². The lowest BCUT2D eigenvalue weighted by atomic mass is 10.2. The second-order valence-electron chi connectivity index (χ2n) is 4.41. The van der Waals surface area contributed by atoms with E-state index in [1.165, 1.54) is 6.20 Å². The van der Waals surface area contributed by atoms with Gasteiger partial charge in [0.15, 0.2) is 0 Å². The summed E-state index contributed by atoms with van der Waals surface area (Å²) in [4.78, 5) is 16.1. The van der Waals surface area contributed by atoms with Crippen LogP contribution in [-0.4, -0.2) is 9.55 Å². The van der Waals surface area contributed by atoms with Gasteiger partial charge in [0.05, 0.1) is 23.8 Å². The number of rotatable bonds is 2. The zero-order valence-electron chi connectivity index (χ0n) is 10.3. The summed E-state index contributed by atoms with van der Waals surface area (Å²) in [7, 11) is 0. The van der Waals surface area contributed by atoms with Gasteiger partial charge in [0.1, 0.15) is 0 Å². The fourth-order valence-electron chi connectivity index (χ4n) is 2.08. The van der Waals surface area contributed by atoms with E-state index in [1.807, 2.05) is 48.5 Å². The molecule has 0 spiro atoms. The standard InChI is InChI=1S/C15H13N3O/c16-12-7-5-11(6-8-12)10-18-14-4-2-1-3-13(14)17-9-15(18)19/h1-9H,10,16H2. The first-order valence-corrected chi connectivity index (χ1v) is 6.03. The van der Waals surface area contributed by atoms with Gasteiger partial charge in [-0.2, -0.15) is 0 Å². The molecule has 0 amide bonds. The minimum atomic E-state index is -0.101. The topological polar surface area (TPSA) is 60.9 Å². The van der Waals surface area contributed by atoms with E-state index in [0.717, 1.165) is 22.3 Å². The third-order valence-electron chi connectivity index (χ3n) is 3.07. The van der Waals surface area contributed by atoms with Gasteiger partial charge in [0.25, 0.3) is 5.56 Å². The van der Waals surface area contributed by atoms with Crippen molar-refractivity contribution in [3.63, 3.8) is 0 Å². The molecule has 0 radical (unpaired) electrons. The molecule has 4 nitrogen and oxygen atoms in total. The first-order chi connectivity index (χ1) is 9.24. The summed E-state index contributed by atoms with van der Waals surface area (Å²) in [5.74, 6) is 0. The first kappa shape index (κ1) is 11.5. The number of benzene rings is 2. The average Bonchev–Trinajstić information content (AvgIpc) is 2.44. The fourth-order valence-corrected chi connectivity index (χ4v) is 2.08. The highest BCUT2D eigenvalue weighted by molar-refractivity contribution is 5.74. The Morgan fingerprint density at radius 1 is 1.05 bits per heavy atom. The van der Waals surface area contributed by atoms with Gasteiger partial charge in [-0.3, -0.25) is 4.79 Å². The van der Waals surface area contributed by atoms with Crippen molar-refractivity contribution < 1.29 is 0 Å². The Labute approximate surface area is 110 Å². The summed E-state index contributed by atoms with van der Waals surface area (Å²) < 4.78 is 1.72. The highest BCUT2D eigenvalue weighted by atomic mass is 16.1. The SMILES string of the molecule is Nc1ccc(Cn2c(=O)cnc3ccccc32)cc1. The van der Waals surface area contributed by atoms with Crippen molar-refractivity contribution in [2.24, 2.45) is 0 Å². The van der Waals surface area contributed by atoms with Gasteiger partial charge in [-0.05, 0) is 29.8 Å². The second-order valence-corrected chi connectivity index (χ2v) is 4.41. The molecule has 2 N–H and O–H groups in total.